The van der Waals surface area contributed by atoms with Gasteiger partial charge in [0, 0.05) is 17.3 Å². The SMILES string of the molecule is Cc1ccc(NC(=O)Cn2cnc(-c3ccccc3)cc2=O)c(C)c1. The largest absolute Gasteiger partial charge is 0.324 e. The zero-order valence-electron chi connectivity index (χ0n) is 14.2. The van der Waals surface area contributed by atoms with Crippen LogP contribution in [-0.2, 0) is 11.3 Å². The van der Waals surface area contributed by atoms with E-state index in [2.05, 4.69) is 10.3 Å². The van der Waals surface area contributed by atoms with Gasteiger partial charge in [0.1, 0.15) is 6.54 Å². The quantitative estimate of drug-likeness (QED) is 0.797. The van der Waals surface area contributed by atoms with Crippen molar-refractivity contribution in [2.75, 3.05) is 5.32 Å². The van der Waals surface area contributed by atoms with Crippen molar-refractivity contribution >= 4 is 11.6 Å². The van der Waals surface area contributed by atoms with Crippen molar-refractivity contribution in [3.05, 3.63) is 82.4 Å². The predicted octanol–water partition coefficient (Wildman–Crippen LogP) is 3.17. The van der Waals surface area contributed by atoms with Crippen molar-refractivity contribution in [1.29, 1.82) is 0 Å². The molecule has 25 heavy (non-hydrogen) atoms. The highest BCUT2D eigenvalue weighted by Gasteiger charge is 2.08. The Balaban J connectivity index is 1.74. The summed E-state index contributed by atoms with van der Waals surface area (Å²) in [6.45, 7) is 3.86. The molecule has 5 nitrogen and oxygen atoms in total. The molecule has 2 aromatic carbocycles. The van der Waals surface area contributed by atoms with Crippen molar-refractivity contribution in [2.45, 2.75) is 20.4 Å². The smallest absolute Gasteiger partial charge is 0.254 e. The van der Waals surface area contributed by atoms with Crippen LogP contribution in [-0.4, -0.2) is 15.5 Å². The number of anilines is 1. The number of nitrogens with zero attached hydrogens (tertiary/aromatic N) is 2. The van der Waals surface area contributed by atoms with Gasteiger partial charge in [0.05, 0.1) is 12.0 Å². The molecule has 0 unspecified atom stereocenters. The average Bonchev–Trinajstić information content (AvgIpc) is 2.60. The first kappa shape index (κ1) is 16.6. The number of rotatable bonds is 4. The molecule has 0 bridgehead atoms. The van der Waals surface area contributed by atoms with Gasteiger partial charge >= 0.3 is 0 Å². The number of amides is 1. The van der Waals surface area contributed by atoms with Crippen LogP contribution in [0.25, 0.3) is 11.3 Å². The number of hydrogen-bond acceptors (Lipinski definition) is 3. The van der Waals surface area contributed by atoms with Gasteiger partial charge in [-0.3, -0.25) is 14.2 Å². The molecule has 5 heteroatoms. The Morgan fingerprint density at radius 3 is 2.52 bits per heavy atom. The van der Waals surface area contributed by atoms with E-state index in [4.69, 9.17) is 0 Å². The summed E-state index contributed by atoms with van der Waals surface area (Å²) in [4.78, 5) is 28.8. The molecule has 1 N–H and O–H groups in total. The minimum Gasteiger partial charge on any atom is -0.324 e. The van der Waals surface area contributed by atoms with Gasteiger partial charge < -0.3 is 5.32 Å². The van der Waals surface area contributed by atoms with E-state index in [-0.39, 0.29) is 18.0 Å². The normalized spacial score (nSPS) is 10.5. The summed E-state index contributed by atoms with van der Waals surface area (Å²) in [5.74, 6) is -0.261. The van der Waals surface area contributed by atoms with Crippen LogP contribution >= 0.6 is 0 Å². The van der Waals surface area contributed by atoms with Crippen molar-refractivity contribution in [3.63, 3.8) is 0 Å². The number of aryl methyl sites for hydroxylation is 2. The Morgan fingerprint density at radius 1 is 1.08 bits per heavy atom. The van der Waals surface area contributed by atoms with Gasteiger partial charge in [-0.05, 0) is 25.5 Å². The molecule has 1 heterocycles. The summed E-state index contributed by atoms with van der Waals surface area (Å²) in [5, 5.41) is 2.83. The third-order valence-corrected chi connectivity index (χ3v) is 3.92. The maximum Gasteiger partial charge on any atom is 0.254 e. The van der Waals surface area contributed by atoms with Crippen LogP contribution in [0, 0.1) is 13.8 Å². The second-order valence-electron chi connectivity index (χ2n) is 5.97. The average molecular weight is 333 g/mol. The van der Waals surface area contributed by atoms with E-state index >= 15 is 0 Å². The molecule has 0 radical (unpaired) electrons. The minimum atomic E-state index is -0.261. The first-order valence-electron chi connectivity index (χ1n) is 8.02. The van der Waals surface area contributed by atoms with Crippen LogP contribution in [0.5, 0.6) is 0 Å². The lowest BCUT2D eigenvalue weighted by Gasteiger charge is -2.10. The Hall–Kier alpha value is -3.21. The summed E-state index contributed by atoms with van der Waals surface area (Å²) in [6.07, 6.45) is 1.41. The summed E-state index contributed by atoms with van der Waals surface area (Å²) >= 11 is 0. The molecule has 0 saturated carbocycles. The first-order valence-corrected chi connectivity index (χ1v) is 8.02. The molecule has 126 valence electrons. The molecule has 0 spiro atoms. The summed E-state index contributed by atoms with van der Waals surface area (Å²) in [6, 6.07) is 16.7. The third kappa shape index (κ3) is 4.01. The Morgan fingerprint density at radius 2 is 1.84 bits per heavy atom. The van der Waals surface area contributed by atoms with Crippen LogP contribution in [0.15, 0.2) is 65.7 Å². The van der Waals surface area contributed by atoms with Gasteiger partial charge in [0.25, 0.3) is 5.56 Å². The van der Waals surface area contributed by atoms with Crippen LogP contribution in [0.2, 0.25) is 0 Å². The Kier molecular flexibility index (Phi) is 4.75. The molecule has 0 fully saturated rings. The fourth-order valence-electron chi connectivity index (χ4n) is 2.61. The maximum atomic E-state index is 12.3. The van der Waals surface area contributed by atoms with Crippen molar-refractivity contribution in [2.24, 2.45) is 0 Å². The highest BCUT2D eigenvalue weighted by molar-refractivity contribution is 5.91. The number of nitrogens with one attached hydrogen (secondary N) is 1. The lowest BCUT2D eigenvalue weighted by Crippen LogP contribution is -2.27. The van der Waals surface area contributed by atoms with Crippen LogP contribution in [0.3, 0.4) is 0 Å². The summed E-state index contributed by atoms with van der Waals surface area (Å²) in [7, 11) is 0. The van der Waals surface area contributed by atoms with Gasteiger partial charge in [0.15, 0.2) is 0 Å². The topological polar surface area (TPSA) is 64.0 Å². The summed E-state index contributed by atoms with van der Waals surface area (Å²) in [5.41, 5.74) is 4.07. The van der Waals surface area contributed by atoms with E-state index in [0.29, 0.717) is 5.69 Å². The van der Waals surface area contributed by atoms with Gasteiger partial charge in [-0.25, -0.2) is 4.98 Å². The van der Waals surface area contributed by atoms with Gasteiger partial charge in [-0.2, -0.15) is 0 Å². The fraction of sp³-hybridized carbons (Fsp3) is 0.150. The first-order chi connectivity index (χ1) is 12.0. The van der Waals surface area contributed by atoms with E-state index in [1.54, 1.807) is 0 Å². The Bertz CT molecular complexity index is 962. The maximum absolute atomic E-state index is 12.3. The second-order valence-corrected chi connectivity index (χ2v) is 5.97. The molecule has 0 aliphatic rings. The Labute approximate surface area is 146 Å². The molecule has 1 amide bonds. The number of carbonyl (C=O) groups is 1. The van der Waals surface area contributed by atoms with Crippen LogP contribution in [0.1, 0.15) is 11.1 Å². The van der Waals surface area contributed by atoms with Gasteiger partial charge in [-0.1, -0.05) is 48.0 Å². The monoisotopic (exact) mass is 333 g/mol. The lowest BCUT2D eigenvalue weighted by atomic mass is 10.1. The van der Waals surface area contributed by atoms with E-state index in [0.717, 1.165) is 22.4 Å². The molecule has 0 aliphatic heterocycles. The van der Waals surface area contributed by atoms with E-state index in [1.165, 1.54) is 17.0 Å². The van der Waals surface area contributed by atoms with Gasteiger partial charge in [-0.15, -0.1) is 0 Å². The standard InChI is InChI=1S/C20H19N3O2/c1-14-8-9-17(15(2)10-14)22-19(24)12-23-13-21-18(11-20(23)25)16-6-4-3-5-7-16/h3-11,13H,12H2,1-2H3,(H,22,24). The highest BCUT2D eigenvalue weighted by Crippen LogP contribution is 2.16. The summed E-state index contributed by atoms with van der Waals surface area (Å²) < 4.78 is 1.30. The molecule has 3 aromatic rings. The van der Waals surface area contributed by atoms with E-state index < -0.39 is 0 Å². The van der Waals surface area contributed by atoms with Gasteiger partial charge in [0.2, 0.25) is 5.91 Å². The van der Waals surface area contributed by atoms with Crippen LogP contribution < -0.4 is 10.9 Å². The molecule has 3 rings (SSSR count). The predicted molar refractivity (Wildman–Crippen MR) is 98.5 cm³/mol. The molecule has 0 saturated heterocycles. The number of benzene rings is 2. The lowest BCUT2D eigenvalue weighted by molar-refractivity contribution is -0.116. The van der Waals surface area contributed by atoms with Crippen molar-refractivity contribution in [3.8, 4) is 11.3 Å². The minimum absolute atomic E-state index is 0.0752. The zero-order chi connectivity index (χ0) is 17.8. The highest BCUT2D eigenvalue weighted by atomic mass is 16.2. The molecular weight excluding hydrogens is 314 g/mol. The molecule has 0 atom stereocenters. The van der Waals surface area contributed by atoms with Crippen molar-refractivity contribution in [1.82, 2.24) is 9.55 Å². The molecule has 1 aromatic heterocycles. The number of aromatic nitrogens is 2. The molecule has 0 aliphatic carbocycles. The fourth-order valence-corrected chi connectivity index (χ4v) is 2.61. The third-order valence-electron chi connectivity index (χ3n) is 3.92. The number of hydrogen-bond donors (Lipinski definition) is 1. The van der Waals surface area contributed by atoms with E-state index in [1.807, 2.05) is 62.4 Å². The number of carbonyl (C=O) groups excluding carboxylic acids is 1. The van der Waals surface area contributed by atoms with E-state index in [9.17, 15) is 9.59 Å². The van der Waals surface area contributed by atoms with Crippen LogP contribution in [0.4, 0.5) is 5.69 Å². The molecular formula is C20H19N3O2. The zero-order valence-corrected chi connectivity index (χ0v) is 14.2. The second kappa shape index (κ2) is 7.13. The van der Waals surface area contributed by atoms with Crippen molar-refractivity contribution < 1.29 is 4.79 Å².